The predicted molar refractivity (Wildman–Crippen MR) is 86.8 cm³/mol. The molecule has 0 unspecified atom stereocenters. The Bertz CT molecular complexity index is 367. The molecule has 2 rings (SSSR count). The summed E-state index contributed by atoms with van der Waals surface area (Å²) in [4.78, 5) is 17.0. The van der Waals surface area contributed by atoms with Gasteiger partial charge in [0, 0.05) is 25.7 Å². The van der Waals surface area contributed by atoms with Gasteiger partial charge in [0.15, 0.2) is 0 Å². The lowest BCUT2D eigenvalue weighted by atomic mass is 10.1. The van der Waals surface area contributed by atoms with Gasteiger partial charge in [-0.25, -0.2) is 0 Å². The Morgan fingerprint density at radius 3 is 2.59 bits per heavy atom. The summed E-state index contributed by atoms with van der Waals surface area (Å²) < 4.78 is 11.6. The van der Waals surface area contributed by atoms with Crippen molar-refractivity contribution in [2.45, 2.75) is 51.9 Å². The Morgan fingerprint density at radius 2 is 2.09 bits per heavy atom. The van der Waals surface area contributed by atoms with Crippen LogP contribution in [0, 0.1) is 11.8 Å². The molecule has 0 aromatic rings. The van der Waals surface area contributed by atoms with E-state index in [1.165, 1.54) is 0 Å². The highest BCUT2D eigenvalue weighted by Gasteiger charge is 2.37. The Hall–Kier alpha value is -0.650. The van der Waals surface area contributed by atoms with Gasteiger partial charge in [-0.2, -0.15) is 0 Å². The van der Waals surface area contributed by atoms with E-state index in [0.717, 1.165) is 32.5 Å². The number of likely N-dealkylation sites (tertiary alicyclic amines) is 1. The molecule has 0 saturated carbocycles. The second-order valence-corrected chi connectivity index (χ2v) is 7.38. The minimum Gasteiger partial charge on any atom is -0.376 e. The molecule has 5 heteroatoms. The van der Waals surface area contributed by atoms with Gasteiger partial charge >= 0.3 is 0 Å². The SMILES string of the molecule is CC(C)[C@H](OC[C@@H]1CCCO1)C(=O)N1C[C@@H](C)[C@H](N(C)C)C1. The third kappa shape index (κ3) is 4.21. The summed E-state index contributed by atoms with van der Waals surface area (Å²) in [5.74, 6) is 0.830. The maximum absolute atomic E-state index is 12.8. The van der Waals surface area contributed by atoms with Crippen LogP contribution in [0.2, 0.25) is 0 Å². The van der Waals surface area contributed by atoms with Crippen LogP contribution >= 0.6 is 0 Å². The van der Waals surface area contributed by atoms with E-state index in [-0.39, 0.29) is 24.0 Å². The molecule has 22 heavy (non-hydrogen) atoms. The molecule has 0 spiro atoms. The van der Waals surface area contributed by atoms with Crippen LogP contribution in [-0.2, 0) is 14.3 Å². The Labute approximate surface area is 134 Å². The van der Waals surface area contributed by atoms with Gasteiger partial charge in [-0.1, -0.05) is 20.8 Å². The van der Waals surface area contributed by atoms with Crippen LogP contribution in [0.1, 0.15) is 33.6 Å². The monoisotopic (exact) mass is 312 g/mol. The average molecular weight is 312 g/mol. The van der Waals surface area contributed by atoms with E-state index >= 15 is 0 Å². The topological polar surface area (TPSA) is 42.0 Å². The minimum atomic E-state index is -0.350. The fourth-order valence-corrected chi connectivity index (χ4v) is 3.52. The number of carbonyl (C=O) groups excluding carboxylic acids is 1. The standard InChI is InChI=1S/C17H32N2O3/c1-12(2)16(22-11-14-7-6-8-21-14)17(20)19-9-13(3)15(10-19)18(4)5/h12-16H,6-11H2,1-5H3/t13-,14+,15-,16+/m1/s1. The lowest BCUT2D eigenvalue weighted by molar-refractivity contribution is -0.148. The van der Waals surface area contributed by atoms with E-state index in [0.29, 0.717) is 18.6 Å². The summed E-state index contributed by atoms with van der Waals surface area (Å²) in [5, 5.41) is 0. The van der Waals surface area contributed by atoms with Gasteiger partial charge in [0.25, 0.3) is 5.91 Å². The van der Waals surface area contributed by atoms with Gasteiger partial charge in [-0.3, -0.25) is 4.79 Å². The minimum absolute atomic E-state index is 0.143. The van der Waals surface area contributed by atoms with Crippen molar-refractivity contribution < 1.29 is 14.3 Å². The van der Waals surface area contributed by atoms with Crippen molar-refractivity contribution in [3.63, 3.8) is 0 Å². The van der Waals surface area contributed by atoms with Gasteiger partial charge in [-0.05, 0) is 38.8 Å². The van der Waals surface area contributed by atoms with Crippen LogP contribution in [0.5, 0.6) is 0 Å². The lowest BCUT2D eigenvalue weighted by Crippen LogP contribution is -2.44. The molecule has 0 bridgehead atoms. The highest BCUT2D eigenvalue weighted by molar-refractivity contribution is 5.81. The summed E-state index contributed by atoms with van der Waals surface area (Å²) in [6.07, 6.45) is 1.96. The largest absolute Gasteiger partial charge is 0.376 e. The van der Waals surface area contributed by atoms with Crippen molar-refractivity contribution >= 4 is 5.91 Å². The fourth-order valence-electron chi connectivity index (χ4n) is 3.52. The number of rotatable bonds is 6. The van der Waals surface area contributed by atoms with E-state index in [9.17, 15) is 4.79 Å². The van der Waals surface area contributed by atoms with E-state index in [2.05, 4.69) is 39.8 Å². The first-order valence-corrected chi connectivity index (χ1v) is 8.58. The van der Waals surface area contributed by atoms with Crippen molar-refractivity contribution in [3.8, 4) is 0 Å². The van der Waals surface area contributed by atoms with Crippen LogP contribution in [0.25, 0.3) is 0 Å². The maximum atomic E-state index is 12.8. The van der Waals surface area contributed by atoms with Crippen LogP contribution in [-0.4, -0.2) is 74.4 Å². The predicted octanol–water partition coefficient (Wildman–Crippen LogP) is 1.62. The van der Waals surface area contributed by atoms with Gasteiger partial charge in [0.1, 0.15) is 6.10 Å². The molecule has 2 aliphatic heterocycles. The number of ether oxygens (including phenoxy) is 2. The number of hydrogen-bond acceptors (Lipinski definition) is 4. The molecule has 5 nitrogen and oxygen atoms in total. The molecule has 0 aliphatic carbocycles. The van der Waals surface area contributed by atoms with Crippen LogP contribution in [0.4, 0.5) is 0 Å². The summed E-state index contributed by atoms with van der Waals surface area (Å²) in [6.45, 7) is 9.32. The quantitative estimate of drug-likeness (QED) is 0.747. The average Bonchev–Trinajstić information content (AvgIpc) is 3.07. The van der Waals surface area contributed by atoms with Crippen molar-refractivity contribution in [1.82, 2.24) is 9.80 Å². The van der Waals surface area contributed by atoms with Crippen molar-refractivity contribution in [2.24, 2.45) is 11.8 Å². The van der Waals surface area contributed by atoms with E-state index in [4.69, 9.17) is 9.47 Å². The number of likely N-dealkylation sites (N-methyl/N-ethyl adjacent to an activating group) is 1. The third-order valence-electron chi connectivity index (χ3n) is 4.88. The summed E-state index contributed by atoms with van der Waals surface area (Å²) in [7, 11) is 4.17. The molecule has 0 aromatic carbocycles. The molecule has 2 heterocycles. The Balaban J connectivity index is 1.91. The van der Waals surface area contributed by atoms with Crippen molar-refractivity contribution in [1.29, 1.82) is 0 Å². The van der Waals surface area contributed by atoms with Crippen LogP contribution < -0.4 is 0 Å². The highest BCUT2D eigenvalue weighted by atomic mass is 16.5. The molecule has 2 aliphatic rings. The zero-order valence-electron chi connectivity index (χ0n) is 14.7. The fraction of sp³-hybridized carbons (Fsp3) is 0.941. The van der Waals surface area contributed by atoms with Gasteiger partial charge in [0.05, 0.1) is 12.7 Å². The molecule has 2 saturated heterocycles. The molecule has 2 fully saturated rings. The second kappa shape index (κ2) is 7.75. The molecular weight excluding hydrogens is 280 g/mol. The van der Waals surface area contributed by atoms with Gasteiger partial charge in [-0.15, -0.1) is 0 Å². The zero-order valence-corrected chi connectivity index (χ0v) is 14.7. The molecule has 0 N–H and O–H groups in total. The second-order valence-electron chi connectivity index (χ2n) is 7.38. The number of nitrogens with zero attached hydrogens (tertiary/aromatic N) is 2. The van der Waals surface area contributed by atoms with Gasteiger partial charge in [0.2, 0.25) is 0 Å². The first-order valence-electron chi connectivity index (χ1n) is 8.58. The van der Waals surface area contributed by atoms with Crippen molar-refractivity contribution in [2.75, 3.05) is 40.4 Å². The normalized spacial score (nSPS) is 30.5. The first-order chi connectivity index (χ1) is 10.4. The number of hydrogen-bond donors (Lipinski definition) is 0. The maximum Gasteiger partial charge on any atom is 0.252 e. The van der Waals surface area contributed by atoms with E-state index in [1.807, 2.05) is 4.90 Å². The Morgan fingerprint density at radius 1 is 1.36 bits per heavy atom. The number of amides is 1. The van der Waals surface area contributed by atoms with Gasteiger partial charge < -0.3 is 19.3 Å². The van der Waals surface area contributed by atoms with Crippen LogP contribution in [0.3, 0.4) is 0 Å². The summed E-state index contributed by atoms with van der Waals surface area (Å²) >= 11 is 0. The number of carbonyl (C=O) groups is 1. The molecule has 128 valence electrons. The molecule has 0 radical (unpaired) electrons. The molecule has 0 aromatic heterocycles. The highest BCUT2D eigenvalue weighted by Crippen LogP contribution is 2.23. The zero-order chi connectivity index (χ0) is 16.3. The summed E-state index contributed by atoms with van der Waals surface area (Å²) in [6, 6.07) is 0.440. The van der Waals surface area contributed by atoms with Crippen LogP contribution in [0.15, 0.2) is 0 Å². The Kier molecular flexibility index (Phi) is 6.24. The molecule has 4 atom stereocenters. The third-order valence-corrected chi connectivity index (χ3v) is 4.88. The lowest BCUT2D eigenvalue weighted by Gasteiger charge is -2.27. The smallest absolute Gasteiger partial charge is 0.252 e. The summed E-state index contributed by atoms with van der Waals surface area (Å²) in [5.41, 5.74) is 0. The van der Waals surface area contributed by atoms with Crippen molar-refractivity contribution in [3.05, 3.63) is 0 Å². The molecular formula is C17H32N2O3. The van der Waals surface area contributed by atoms with E-state index < -0.39 is 0 Å². The molecule has 1 amide bonds. The first kappa shape index (κ1) is 17.7. The van der Waals surface area contributed by atoms with E-state index in [1.54, 1.807) is 0 Å².